The van der Waals surface area contributed by atoms with Crippen LogP contribution in [0, 0.1) is 19.8 Å². The summed E-state index contributed by atoms with van der Waals surface area (Å²) in [6.45, 7) is 18.7. The standard InChI is InChI=1S/C29H48N4O5/c1-17(2)14-15-20(6)33(27(36)23(16-24(30)34)32-28(37)38-29(8,9)10)25(26(35)31-18(3)4)22-13-11-12-19(5)21(22)7/h11-13,17-18,20,23,25H,14-16H2,1-10H3,(H2,30,34)(H,31,35)(H,32,37). The molecule has 0 aromatic heterocycles. The van der Waals surface area contributed by atoms with Gasteiger partial charge in [-0.3, -0.25) is 14.4 Å². The van der Waals surface area contributed by atoms with Crippen LogP contribution >= 0.6 is 0 Å². The van der Waals surface area contributed by atoms with Gasteiger partial charge in [0.2, 0.25) is 17.7 Å². The Hall–Kier alpha value is -3.10. The molecule has 0 fully saturated rings. The van der Waals surface area contributed by atoms with Gasteiger partial charge in [0, 0.05) is 12.1 Å². The van der Waals surface area contributed by atoms with E-state index in [1.807, 2.05) is 52.8 Å². The van der Waals surface area contributed by atoms with Crippen molar-refractivity contribution in [1.82, 2.24) is 15.5 Å². The van der Waals surface area contributed by atoms with Gasteiger partial charge in [0.05, 0.1) is 6.42 Å². The highest BCUT2D eigenvalue weighted by Crippen LogP contribution is 2.31. The molecule has 0 saturated carbocycles. The summed E-state index contributed by atoms with van der Waals surface area (Å²) in [5.41, 5.74) is 7.22. The van der Waals surface area contributed by atoms with E-state index in [0.717, 1.165) is 17.5 Å². The number of nitrogens with two attached hydrogens (primary N) is 1. The van der Waals surface area contributed by atoms with Crippen molar-refractivity contribution in [3.8, 4) is 0 Å². The number of nitrogens with one attached hydrogen (secondary N) is 2. The van der Waals surface area contributed by atoms with Crippen LogP contribution in [0.25, 0.3) is 0 Å². The molecule has 3 atom stereocenters. The minimum absolute atomic E-state index is 0.167. The lowest BCUT2D eigenvalue weighted by Crippen LogP contribution is -2.56. The highest BCUT2D eigenvalue weighted by atomic mass is 16.6. The number of hydrogen-bond acceptors (Lipinski definition) is 5. The molecular weight excluding hydrogens is 484 g/mol. The van der Waals surface area contributed by atoms with E-state index >= 15 is 0 Å². The summed E-state index contributed by atoms with van der Waals surface area (Å²) in [7, 11) is 0. The molecule has 0 saturated heterocycles. The number of aryl methyl sites for hydroxylation is 1. The highest BCUT2D eigenvalue weighted by Gasteiger charge is 2.40. The van der Waals surface area contributed by atoms with Crippen LogP contribution in [0.4, 0.5) is 4.79 Å². The van der Waals surface area contributed by atoms with Crippen molar-refractivity contribution in [3.05, 3.63) is 34.9 Å². The molecule has 1 aromatic carbocycles. The van der Waals surface area contributed by atoms with Gasteiger partial charge in [-0.05, 0) is 90.8 Å². The van der Waals surface area contributed by atoms with Gasteiger partial charge in [0.25, 0.3) is 0 Å². The van der Waals surface area contributed by atoms with Crippen LogP contribution in [0.3, 0.4) is 0 Å². The fourth-order valence-electron chi connectivity index (χ4n) is 4.19. The number of nitrogens with zero attached hydrogens (tertiary/aromatic N) is 1. The lowest BCUT2D eigenvalue weighted by atomic mass is 9.92. The van der Waals surface area contributed by atoms with Crippen LogP contribution in [0.15, 0.2) is 18.2 Å². The number of benzene rings is 1. The SMILES string of the molecule is Cc1cccc(C(C(=O)NC(C)C)N(C(=O)C(CC(N)=O)NC(=O)OC(C)(C)C)C(C)CCC(C)C)c1C. The predicted octanol–water partition coefficient (Wildman–Crippen LogP) is 4.29. The van der Waals surface area contributed by atoms with Crippen molar-refractivity contribution in [3.63, 3.8) is 0 Å². The molecule has 9 nitrogen and oxygen atoms in total. The van der Waals surface area contributed by atoms with E-state index in [9.17, 15) is 19.2 Å². The zero-order valence-electron chi connectivity index (χ0n) is 24.8. The monoisotopic (exact) mass is 532 g/mol. The lowest BCUT2D eigenvalue weighted by molar-refractivity contribution is -0.146. The molecule has 0 aliphatic heterocycles. The summed E-state index contributed by atoms with van der Waals surface area (Å²) in [6.07, 6.45) is 0.157. The molecule has 9 heteroatoms. The number of carbonyl (C=O) groups excluding carboxylic acids is 4. The van der Waals surface area contributed by atoms with E-state index in [0.29, 0.717) is 17.9 Å². The van der Waals surface area contributed by atoms with Crippen molar-refractivity contribution in [2.75, 3.05) is 0 Å². The molecule has 4 amide bonds. The summed E-state index contributed by atoms with van der Waals surface area (Å²) >= 11 is 0. The Morgan fingerprint density at radius 3 is 2.08 bits per heavy atom. The molecule has 0 aliphatic rings. The fraction of sp³-hybridized carbons (Fsp3) is 0.655. The topological polar surface area (TPSA) is 131 Å². The fourth-order valence-corrected chi connectivity index (χ4v) is 4.19. The number of ether oxygens (including phenoxy) is 1. The van der Waals surface area contributed by atoms with E-state index in [4.69, 9.17) is 10.5 Å². The molecule has 0 spiro atoms. The van der Waals surface area contributed by atoms with E-state index in [-0.39, 0.29) is 18.0 Å². The largest absolute Gasteiger partial charge is 0.444 e. The summed E-state index contributed by atoms with van der Waals surface area (Å²) < 4.78 is 5.35. The lowest BCUT2D eigenvalue weighted by Gasteiger charge is -2.39. The quantitative estimate of drug-likeness (QED) is 0.370. The number of hydrogen-bond donors (Lipinski definition) is 3. The van der Waals surface area contributed by atoms with E-state index < -0.39 is 42.0 Å². The van der Waals surface area contributed by atoms with Crippen molar-refractivity contribution < 1.29 is 23.9 Å². The number of amides is 4. The molecule has 214 valence electrons. The van der Waals surface area contributed by atoms with Gasteiger partial charge in [0.1, 0.15) is 17.7 Å². The van der Waals surface area contributed by atoms with E-state index in [1.165, 1.54) is 4.90 Å². The molecule has 0 bridgehead atoms. The van der Waals surface area contributed by atoms with Crippen molar-refractivity contribution >= 4 is 23.8 Å². The zero-order chi connectivity index (χ0) is 29.4. The summed E-state index contributed by atoms with van der Waals surface area (Å²) in [5.74, 6) is -1.30. The minimum atomic E-state index is -1.30. The Kier molecular flexibility index (Phi) is 12.3. The van der Waals surface area contributed by atoms with E-state index in [1.54, 1.807) is 20.8 Å². The zero-order valence-corrected chi connectivity index (χ0v) is 24.8. The Morgan fingerprint density at radius 2 is 1.58 bits per heavy atom. The number of primary amides is 1. The average Bonchev–Trinajstić information content (AvgIpc) is 2.75. The number of rotatable bonds is 12. The maximum absolute atomic E-state index is 14.2. The van der Waals surface area contributed by atoms with E-state index in [2.05, 4.69) is 24.5 Å². The Morgan fingerprint density at radius 1 is 0.974 bits per heavy atom. The minimum Gasteiger partial charge on any atom is -0.444 e. The maximum Gasteiger partial charge on any atom is 0.408 e. The average molecular weight is 533 g/mol. The number of alkyl carbamates (subject to hydrolysis) is 1. The third kappa shape index (κ3) is 10.3. The molecule has 0 aliphatic carbocycles. The van der Waals surface area contributed by atoms with Crippen molar-refractivity contribution in [2.45, 2.75) is 118 Å². The molecule has 38 heavy (non-hydrogen) atoms. The van der Waals surface area contributed by atoms with Gasteiger partial charge in [-0.25, -0.2) is 4.79 Å². The predicted molar refractivity (Wildman–Crippen MR) is 149 cm³/mol. The first kappa shape index (κ1) is 32.9. The Labute approximate surface area is 228 Å². The second-order valence-electron chi connectivity index (χ2n) is 11.8. The van der Waals surface area contributed by atoms with Gasteiger partial charge in [0.15, 0.2) is 0 Å². The Balaban J connectivity index is 3.71. The van der Waals surface area contributed by atoms with Crippen molar-refractivity contribution in [2.24, 2.45) is 11.7 Å². The van der Waals surface area contributed by atoms with Crippen LogP contribution in [-0.2, 0) is 19.1 Å². The second kappa shape index (κ2) is 14.2. The first-order valence-electron chi connectivity index (χ1n) is 13.4. The van der Waals surface area contributed by atoms with Gasteiger partial charge >= 0.3 is 6.09 Å². The normalized spacial score (nSPS) is 14.0. The third-order valence-electron chi connectivity index (χ3n) is 6.18. The van der Waals surface area contributed by atoms with Crippen LogP contribution in [0.1, 0.15) is 97.4 Å². The first-order valence-corrected chi connectivity index (χ1v) is 13.4. The molecule has 3 unspecified atom stereocenters. The summed E-state index contributed by atoms with van der Waals surface area (Å²) in [4.78, 5) is 54.1. The van der Waals surface area contributed by atoms with Gasteiger partial charge in [-0.2, -0.15) is 0 Å². The Bertz CT molecular complexity index is 984. The first-order chi connectivity index (χ1) is 17.4. The molecular formula is C29H48N4O5. The third-order valence-corrected chi connectivity index (χ3v) is 6.18. The number of carbonyl (C=O) groups is 4. The van der Waals surface area contributed by atoms with Gasteiger partial charge in [-0.15, -0.1) is 0 Å². The summed E-state index contributed by atoms with van der Waals surface area (Å²) in [6, 6.07) is 2.81. The molecule has 4 N–H and O–H groups in total. The molecule has 0 heterocycles. The van der Waals surface area contributed by atoms with Crippen LogP contribution in [0.5, 0.6) is 0 Å². The highest BCUT2D eigenvalue weighted by molar-refractivity contribution is 5.95. The summed E-state index contributed by atoms with van der Waals surface area (Å²) in [5, 5.41) is 5.49. The van der Waals surface area contributed by atoms with Crippen molar-refractivity contribution in [1.29, 1.82) is 0 Å². The smallest absolute Gasteiger partial charge is 0.408 e. The second-order valence-corrected chi connectivity index (χ2v) is 11.8. The molecule has 1 aromatic rings. The van der Waals surface area contributed by atoms with Crippen LogP contribution < -0.4 is 16.4 Å². The van der Waals surface area contributed by atoms with Gasteiger partial charge < -0.3 is 26.0 Å². The molecule has 1 rings (SSSR count). The van der Waals surface area contributed by atoms with Crippen LogP contribution in [-0.4, -0.2) is 52.4 Å². The van der Waals surface area contributed by atoms with Gasteiger partial charge in [-0.1, -0.05) is 32.0 Å². The maximum atomic E-state index is 14.2. The molecule has 0 radical (unpaired) electrons. The van der Waals surface area contributed by atoms with Crippen LogP contribution in [0.2, 0.25) is 0 Å².